The minimum Gasteiger partial charge on any atom is -0.466 e. The van der Waals surface area contributed by atoms with Crippen LogP contribution in [0.15, 0.2) is 11.6 Å². The fourth-order valence-corrected chi connectivity index (χ4v) is 1.87. The number of ether oxygens (including phenoxy) is 1. The highest BCUT2D eigenvalue weighted by atomic mass is 16.5. The molecule has 0 aromatic rings. The highest BCUT2D eigenvalue weighted by molar-refractivity contribution is 5.74. The van der Waals surface area contributed by atoms with Gasteiger partial charge in [-0.25, -0.2) is 0 Å². The zero-order valence-electron chi connectivity index (χ0n) is 9.92. The Morgan fingerprint density at radius 3 is 2.73 bits per heavy atom. The summed E-state index contributed by atoms with van der Waals surface area (Å²) >= 11 is 0. The maximum atomic E-state index is 11.3. The highest BCUT2D eigenvalue weighted by Crippen LogP contribution is 2.34. The molecule has 2 nitrogen and oxygen atoms in total. The zero-order chi connectivity index (χ0) is 11.1. The Hall–Kier alpha value is -0.790. The molecule has 0 aliphatic heterocycles. The van der Waals surface area contributed by atoms with Crippen LogP contribution in [-0.4, -0.2) is 12.6 Å². The standard InChI is InChI=1S/C13H22O2/c1-3-5-6-7-8-11-9-12(10-11)13(14)15-4-2/h8,12H,3-7,9-10H2,1-2H3. The molecule has 0 aromatic heterocycles. The molecule has 0 N–H and O–H groups in total. The maximum Gasteiger partial charge on any atom is 0.309 e. The molecule has 1 aliphatic rings. The molecule has 1 fully saturated rings. The molecule has 1 saturated carbocycles. The minimum atomic E-state index is -0.0109. The fourth-order valence-electron chi connectivity index (χ4n) is 1.87. The van der Waals surface area contributed by atoms with Crippen LogP contribution in [0.4, 0.5) is 0 Å². The van der Waals surface area contributed by atoms with Gasteiger partial charge in [0.1, 0.15) is 0 Å². The van der Waals surface area contributed by atoms with Crippen molar-refractivity contribution >= 4 is 5.97 Å². The number of allylic oxidation sites excluding steroid dienone is 2. The fraction of sp³-hybridized carbons (Fsp3) is 0.769. The van der Waals surface area contributed by atoms with Crippen LogP contribution in [-0.2, 0) is 9.53 Å². The van der Waals surface area contributed by atoms with E-state index in [0.717, 1.165) is 12.8 Å². The van der Waals surface area contributed by atoms with Gasteiger partial charge in [0.05, 0.1) is 12.5 Å². The van der Waals surface area contributed by atoms with E-state index in [1.165, 1.54) is 31.3 Å². The van der Waals surface area contributed by atoms with Crippen molar-refractivity contribution in [3.63, 3.8) is 0 Å². The van der Waals surface area contributed by atoms with Crippen LogP contribution in [0.1, 0.15) is 52.4 Å². The first-order valence-corrected chi connectivity index (χ1v) is 6.12. The molecular formula is C13H22O2. The van der Waals surface area contributed by atoms with Gasteiger partial charge >= 0.3 is 5.97 Å². The van der Waals surface area contributed by atoms with E-state index < -0.39 is 0 Å². The van der Waals surface area contributed by atoms with Crippen molar-refractivity contribution in [2.45, 2.75) is 52.4 Å². The van der Waals surface area contributed by atoms with Gasteiger partial charge in [0, 0.05) is 0 Å². The third-order valence-corrected chi connectivity index (χ3v) is 2.88. The van der Waals surface area contributed by atoms with Crippen molar-refractivity contribution in [2.75, 3.05) is 6.61 Å². The molecule has 1 aliphatic carbocycles. The predicted molar refractivity (Wildman–Crippen MR) is 61.6 cm³/mol. The van der Waals surface area contributed by atoms with Gasteiger partial charge in [-0.15, -0.1) is 0 Å². The average molecular weight is 210 g/mol. The van der Waals surface area contributed by atoms with Gasteiger partial charge in [-0.2, -0.15) is 0 Å². The predicted octanol–water partition coefficient (Wildman–Crippen LogP) is 3.47. The van der Waals surface area contributed by atoms with Crippen LogP contribution < -0.4 is 0 Å². The molecule has 0 aromatic carbocycles. The second-order valence-corrected chi connectivity index (χ2v) is 4.22. The van der Waals surface area contributed by atoms with Crippen molar-refractivity contribution in [2.24, 2.45) is 5.92 Å². The number of hydrogen-bond donors (Lipinski definition) is 0. The van der Waals surface area contributed by atoms with Crippen molar-refractivity contribution < 1.29 is 9.53 Å². The number of hydrogen-bond acceptors (Lipinski definition) is 2. The third-order valence-electron chi connectivity index (χ3n) is 2.88. The van der Waals surface area contributed by atoms with Crippen LogP contribution in [0.25, 0.3) is 0 Å². The van der Waals surface area contributed by atoms with Crippen LogP contribution in [0.2, 0.25) is 0 Å². The molecule has 0 amide bonds. The molecule has 86 valence electrons. The summed E-state index contributed by atoms with van der Waals surface area (Å²) in [6.07, 6.45) is 9.23. The van der Waals surface area contributed by atoms with E-state index in [4.69, 9.17) is 4.74 Å². The van der Waals surface area contributed by atoms with E-state index in [-0.39, 0.29) is 11.9 Å². The molecule has 0 unspecified atom stereocenters. The Labute approximate surface area is 92.7 Å². The van der Waals surface area contributed by atoms with Crippen LogP contribution >= 0.6 is 0 Å². The van der Waals surface area contributed by atoms with E-state index >= 15 is 0 Å². The molecule has 15 heavy (non-hydrogen) atoms. The first-order valence-electron chi connectivity index (χ1n) is 6.12. The second kappa shape index (κ2) is 6.65. The summed E-state index contributed by atoms with van der Waals surface area (Å²) < 4.78 is 4.97. The van der Waals surface area contributed by atoms with Crippen LogP contribution in [0.5, 0.6) is 0 Å². The zero-order valence-corrected chi connectivity index (χ0v) is 9.92. The molecule has 0 bridgehead atoms. The van der Waals surface area contributed by atoms with Gasteiger partial charge in [0.2, 0.25) is 0 Å². The Morgan fingerprint density at radius 2 is 2.13 bits per heavy atom. The Bertz CT molecular complexity index is 223. The summed E-state index contributed by atoms with van der Waals surface area (Å²) in [6, 6.07) is 0. The van der Waals surface area contributed by atoms with E-state index in [1.807, 2.05) is 6.92 Å². The summed E-state index contributed by atoms with van der Waals surface area (Å²) in [5.41, 5.74) is 1.45. The molecule has 0 heterocycles. The topological polar surface area (TPSA) is 26.3 Å². The quantitative estimate of drug-likeness (QED) is 0.381. The van der Waals surface area contributed by atoms with Crippen molar-refractivity contribution in [3.05, 3.63) is 11.6 Å². The molecule has 0 spiro atoms. The Balaban J connectivity index is 2.11. The summed E-state index contributed by atoms with van der Waals surface area (Å²) in [5, 5.41) is 0. The summed E-state index contributed by atoms with van der Waals surface area (Å²) in [4.78, 5) is 11.3. The lowest BCUT2D eigenvalue weighted by molar-refractivity contribution is -0.149. The van der Waals surface area contributed by atoms with Gasteiger partial charge in [-0.1, -0.05) is 31.4 Å². The Morgan fingerprint density at radius 1 is 1.40 bits per heavy atom. The average Bonchev–Trinajstić information content (AvgIpc) is 2.15. The largest absolute Gasteiger partial charge is 0.466 e. The van der Waals surface area contributed by atoms with Crippen LogP contribution in [0.3, 0.4) is 0 Å². The molecule has 1 rings (SSSR count). The van der Waals surface area contributed by atoms with E-state index in [9.17, 15) is 4.79 Å². The number of carbonyl (C=O) groups excluding carboxylic acids is 1. The smallest absolute Gasteiger partial charge is 0.309 e. The van der Waals surface area contributed by atoms with Gasteiger partial charge < -0.3 is 4.74 Å². The molecular weight excluding hydrogens is 188 g/mol. The van der Waals surface area contributed by atoms with Gasteiger partial charge in [0.15, 0.2) is 0 Å². The monoisotopic (exact) mass is 210 g/mol. The van der Waals surface area contributed by atoms with E-state index in [1.54, 1.807) is 0 Å². The van der Waals surface area contributed by atoms with Crippen molar-refractivity contribution in [1.82, 2.24) is 0 Å². The summed E-state index contributed by atoms with van der Waals surface area (Å²) in [7, 11) is 0. The third kappa shape index (κ3) is 4.06. The van der Waals surface area contributed by atoms with Crippen LogP contribution in [0, 0.1) is 5.92 Å². The molecule has 0 atom stereocenters. The van der Waals surface area contributed by atoms with Gasteiger partial charge in [-0.05, 0) is 32.6 Å². The number of carbonyl (C=O) groups is 1. The number of unbranched alkanes of at least 4 members (excludes halogenated alkanes) is 3. The number of rotatable bonds is 6. The SMILES string of the molecule is CCCCCC=C1CC(C(=O)OCC)C1. The second-order valence-electron chi connectivity index (χ2n) is 4.22. The first-order chi connectivity index (χ1) is 7.27. The summed E-state index contributed by atoms with van der Waals surface area (Å²) in [5.74, 6) is 0.144. The van der Waals surface area contributed by atoms with Crippen molar-refractivity contribution in [3.8, 4) is 0 Å². The van der Waals surface area contributed by atoms with Crippen molar-refractivity contribution in [1.29, 1.82) is 0 Å². The minimum absolute atomic E-state index is 0.0109. The number of esters is 1. The van der Waals surface area contributed by atoms with E-state index in [2.05, 4.69) is 13.0 Å². The maximum absolute atomic E-state index is 11.3. The van der Waals surface area contributed by atoms with Gasteiger partial charge in [-0.3, -0.25) is 4.79 Å². The lowest BCUT2D eigenvalue weighted by Crippen LogP contribution is -2.26. The normalized spacial score (nSPS) is 19.6. The van der Waals surface area contributed by atoms with E-state index in [0.29, 0.717) is 6.61 Å². The molecule has 0 radical (unpaired) electrons. The lowest BCUT2D eigenvalue weighted by atomic mass is 9.79. The first kappa shape index (κ1) is 12.3. The van der Waals surface area contributed by atoms with Gasteiger partial charge in [0.25, 0.3) is 0 Å². The highest BCUT2D eigenvalue weighted by Gasteiger charge is 2.30. The summed E-state index contributed by atoms with van der Waals surface area (Å²) in [6.45, 7) is 4.58. The molecule has 2 heteroatoms. The molecule has 0 saturated heterocycles. The Kier molecular flexibility index (Phi) is 5.44. The lowest BCUT2D eigenvalue weighted by Gasteiger charge is -2.27.